The highest BCUT2D eigenvalue weighted by Crippen LogP contribution is 2.17. The van der Waals surface area contributed by atoms with Gasteiger partial charge in [-0.3, -0.25) is 9.69 Å². The highest BCUT2D eigenvalue weighted by Gasteiger charge is 2.14. The number of aromatic nitrogens is 4. The highest BCUT2D eigenvalue weighted by molar-refractivity contribution is 6.32. The first-order valence-corrected chi connectivity index (χ1v) is 9.94. The van der Waals surface area contributed by atoms with Gasteiger partial charge in [0.25, 0.3) is 0 Å². The molecule has 1 aliphatic heterocycles. The molecule has 1 fully saturated rings. The summed E-state index contributed by atoms with van der Waals surface area (Å²) in [6.45, 7) is 3.95. The molecule has 4 rings (SSSR count). The lowest BCUT2D eigenvalue weighted by Crippen LogP contribution is -2.35. The first-order chi connectivity index (χ1) is 14.6. The Hall–Kier alpha value is -3.01. The van der Waals surface area contributed by atoms with E-state index >= 15 is 0 Å². The first-order valence-electron chi connectivity index (χ1n) is 9.57. The van der Waals surface area contributed by atoms with Crippen molar-refractivity contribution in [3.8, 4) is 5.69 Å². The summed E-state index contributed by atoms with van der Waals surface area (Å²) in [5.41, 5.74) is 1.68. The monoisotopic (exact) mass is 428 g/mol. The second-order valence-electron chi connectivity index (χ2n) is 6.92. The van der Waals surface area contributed by atoms with E-state index in [0.717, 1.165) is 47.8 Å². The molecule has 0 spiro atoms. The van der Waals surface area contributed by atoms with Crippen LogP contribution in [0.1, 0.15) is 5.56 Å². The van der Waals surface area contributed by atoms with Crippen molar-refractivity contribution >= 4 is 23.2 Å². The zero-order valence-corrected chi connectivity index (χ0v) is 17.0. The summed E-state index contributed by atoms with van der Waals surface area (Å²) >= 11 is 6.10. The molecule has 0 radical (unpaired) electrons. The minimum Gasteiger partial charge on any atom is -0.379 e. The molecule has 10 heteroatoms. The SMILES string of the molecule is O=C(Cn1nnn(-c2ccccc2Cl)c1=O)Nc1ccc(CN2CCOCC2)cc1. The van der Waals surface area contributed by atoms with Crippen LogP contribution < -0.4 is 11.0 Å². The van der Waals surface area contributed by atoms with Crippen LogP contribution >= 0.6 is 11.6 Å². The average molecular weight is 429 g/mol. The van der Waals surface area contributed by atoms with E-state index in [4.69, 9.17) is 16.3 Å². The van der Waals surface area contributed by atoms with Crippen molar-refractivity contribution in [2.24, 2.45) is 0 Å². The summed E-state index contributed by atoms with van der Waals surface area (Å²) in [6.07, 6.45) is 0. The van der Waals surface area contributed by atoms with Gasteiger partial charge in [0, 0.05) is 25.3 Å². The summed E-state index contributed by atoms with van der Waals surface area (Å²) in [7, 11) is 0. The number of rotatable bonds is 6. The molecule has 0 unspecified atom stereocenters. The molecule has 0 atom stereocenters. The van der Waals surface area contributed by atoms with Gasteiger partial charge in [-0.1, -0.05) is 35.9 Å². The number of carbonyl (C=O) groups is 1. The van der Waals surface area contributed by atoms with Crippen LogP contribution in [0.25, 0.3) is 5.69 Å². The number of nitrogens with one attached hydrogen (secondary N) is 1. The van der Waals surface area contributed by atoms with Crippen molar-refractivity contribution < 1.29 is 9.53 Å². The lowest BCUT2D eigenvalue weighted by molar-refractivity contribution is -0.117. The summed E-state index contributed by atoms with van der Waals surface area (Å²) in [5.74, 6) is -0.371. The molecular weight excluding hydrogens is 408 g/mol. The summed E-state index contributed by atoms with van der Waals surface area (Å²) in [4.78, 5) is 27.2. The van der Waals surface area contributed by atoms with Gasteiger partial charge in [-0.2, -0.15) is 9.36 Å². The smallest absolute Gasteiger partial charge is 0.369 e. The molecule has 30 heavy (non-hydrogen) atoms. The van der Waals surface area contributed by atoms with Crippen LogP contribution in [0.15, 0.2) is 53.3 Å². The van der Waals surface area contributed by atoms with Crippen molar-refractivity contribution in [3.63, 3.8) is 0 Å². The molecule has 1 aliphatic rings. The zero-order valence-electron chi connectivity index (χ0n) is 16.2. The lowest BCUT2D eigenvalue weighted by Gasteiger charge is -2.26. The summed E-state index contributed by atoms with van der Waals surface area (Å²) < 4.78 is 7.42. The lowest BCUT2D eigenvalue weighted by atomic mass is 10.2. The third-order valence-corrected chi connectivity index (χ3v) is 5.08. The number of morpholine rings is 1. The third kappa shape index (κ3) is 4.76. The van der Waals surface area contributed by atoms with Crippen molar-refractivity contribution in [2.45, 2.75) is 13.1 Å². The van der Waals surface area contributed by atoms with E-state index in [1.54, 1.807) is 24.3 Å². The largest absolute Gasteiger partial charge is 0.379 e. The number of halogens is 1. The van der Waals surface area contributed by atoms with Crippen LogP contribution in [-0.2, 0) is 22.6 Å². The molecule has 1 N–H and O–H groups in total. The number of hydrogen-bond donors (Lipinski definition) is 1. The van der Waals surface area contributed by atoms with Gasteiger partial charge in [-0.15, -0.1) is 0 Å². The molecule has 1 aromatic heterocycles. The highest BCUT2D eigenvalue weighted by atomic mass is 35.5. The molecule has 3 aromatic rings. The van der Waals surface area contributed by atoms with Gasteiger partial charge >= 0.3 is 5.69 Å². The van der Waals surface area contributed by atoms with Crippen molar-refractivity contribution in [2.75, 3.05) is 31.6 Å². The van der Waals surface area contributed by atoms with Crippen LogP contribution in [0.5, 0.6) is 0 Å². The maximum Gasteiger partial charge on any atom is 0.369 e. The molecule has 0 aliphatic carbocycles. The maximum absolute atomic E-state index is 12.5. The fourth-order valence-electron chi connectivity index (χ4n) is 3.20. The topological polar surface area (TPSA) is 94.3 Å². The number of para-hydroxylation sites is 1. The van der Waals surface area contributed by atoms with Crippen LogP contribution in [0.2, 0.25) is 5.02 Å². The zero-order chi connectivity index (χ0) is 20.9. The molecular formula is C20H21ClN6O3. The maximum atomic E-state index is 12.5. The predicted molar refractivity (Wildman–Crippen MR) is 112 cm³/mol. The third-order valence-electron chi connectivity index (χ3n) is 4.76. The van der Waals surface area contributed by atoms with Crippen LogP contribution in [0.4, 0.5) is 5.69 Å². The van der Waals surface area contributed by atoms with Crippen LogP contribution in [0, 0.1) is 0 Å². The van der Waals surface area contributed by atoms with Gasteiger partial charge in [-0.25, -0.2) is 4.79 Å². The van der Waals surface area contributed by atoms with E-state index in [9.17, 15) is 9.59 Å². The fourth-order valence-corrected chi connectivity index (χ4v) is 3.41. The van der Waals surface area contributed by atoms with E-state index in [-0.39, 0.29) is 12.5 Å². The summed E-state index contributed by atoms with van der Waals surface area (Å²) in [6, 6.07) is 14.4. The standard InChI is InChI=1S/C20H21ClN6O3/c21-17-3-1-2-4-18(17)27-20(29)26(23-24-27)14-19(28)22-16-7-5-15(6-8-16)13-25-9-11-30-12-10-25/h1-8H,9-14H2,(H,22,28). The Kier molecular flexibility index (Phi) is 6.22. The number of hydrogen-bond acceptors (Lipinski definition) is 6. The quantitative estimate of drug-likeness (QED) is 0.640. The fraction of sp³-hybridized carbons (Fsp3) is 0.300. The Morgan fingerprint density at radius 3 is 2.53 bits per heavy atom. The number of carbonyl (C=O) groups excluding carboxylic acids is 1. The Labute approximate surface area is 177 Å². The number of nitrogens with zero attached hydrogens (tertiary/aromatic N) is 5. The Bertz CT molecular complexity index is 1070. The van der Waals surface area contributed by atoms with E-state index in [1.807, 2.05) is 24.3 Å². The van der Waals surface area contributed by atoms with Crippen molar-refractivity contribution in [1.82, 2.24) is 24.7 Å². The number of benzene rings is 2. The first kappa shape index (κ1) is 20.3. The van der Waals surface area contributed by atoms with Gasteiger partial charge in [0.2, 0.25) is 5.91 Å². The molecule has 0 saturated carbocycles. The van der Waals surface area contributed by atoms with Gasteiger partial charge in [-0.05, 0) is 40.3 Å². The van der Waals surface area contributed by atoms with Gasteiger partial charge in [0.1, 0.15) is 6.54 Å². The molecule has 2 aromatic carbocycles. The number of anilines is 1. The minimum absolute atomic E-state index is 0.251. The minimum atomic E-state index is -0.542. The second kappa shape index (κ2) is 9.21. The Balaban J connectivity index is 1.37. The average Bonchev–Trinajstić information content (AvgIpc) is 3.10. The molecule has 2 heterocycles. The normalized spacial score (nSPS) is 14.6. The molecule has 156 valence electrons. The van der Waals surface area contributed by atoms with E-state index in [2.05, 4.69) is 20.6 Å². The van der Waals surface area contributed by atoms with E-state index in [1.165, 1.54) is 0 Å². The van der Waals surface area contributed by atoms with Gasteiger partial charge in [0.05, 0.1) is 23.9 Å². The summed E-state index contributed by atoms with van der Waals surface area (Å²) in [5, 5.41) is 10.7. The second-order valence-corrected chi connectivity index (χ2v) is 7.32. The Morgan fingerprint density at radius 2 is 1.80 bits per heavy atom. The number of ether oxygens (including phenoxy) is 1. The number of tetrazole rings is 1. The van der Waals surface area contributed by atoms with Crippen LogP contribution in [0.3, 0.4) is 0 Å². The van der Waals surface area contributed by atoms with Crippen molar-refractivity contribution in [1.29, 1.82) is 0 Å². The number of amides is 1. The van der Waals surface area contributed by atoms with E-state index in [0.29, 0.717) is 16.4 Å². The molecule has 9 nitrogen and oxygen atoms in total. The molecule has 0 bridgehead atoms. The van der Waals surface area contributed by atoms with Crippen LogP contribution in [-0.4, -0.2) is 56.9 Å². The predicted octanol–water partition coefficient (Wildman–Crippen LogP) is 1.55. The van der Waals surface area contributed by atoms with Gasteiger partial charge < -0.3 is 10.1 Å². The Morgan fingerprint density at radius 1 is 1.07 bits per heavy atom. The van der Waals surface area contributed by atoms with E-state index < -0.39 is 5.69 Å². The van der Waals surface area contributed by atoms with Gasteiger partial charge in [0.15, 0.2) is 0 Å². The molecule has 1 amide bonds. The van der Waals surface area contributed by atoms with Crippen molar-refractivity contribution in [3.05, 3.63) is 69.6 Å². The molecule has 1 saturated heterocycles.